The maximum Gasteiger partial charge on any atom is 0.269 e. The van der Waals surface area contributed by atoms with Crippen LogP contribution in [0.5, 0.6) is 0 Å². The van der Waals surface area contributed by atoms with Gasteiger partial charge in [-0.1, -0.05) is 6.42 Å². The van der Waals surface area contributed by atoms with Crippen molar-refractivity contribution >= 4 is 28.6 Å². The lowest BCUT2D eigenvalue weighted by Gasteiger charge is -2.33. The molecule has 3 amide bonds. The number of nitrogens with zero attached hydrogens (tertiary/aromatic N) is 4. The molecule has 1 aliphatic heterocycles. The van der Waals surface area contributed by atoms with Crippen molar-refractivity contribution in [1.29, 1.82) is 0 Å². The number of amides is 3. The van der Waals surface area contributed by atoms with Crippen LogP contribution in [-0.2, 0) is 16.1 Å². The molecule has 0 radical (unpaired) electrons. The van der Waals surface area contributed by atoms with E-state index in [0.29, 0.717) is 22.2 Å². The average Bonchev–Trinajstić information content (AvgIpc) is 3.64. The zero-order chi connectivity index (χ0) is 22.0. The van der Waals surface area contributed by atoms with Crippen molar-refractivity contribution in [3.63, 3.8) is 0 Å². The molecule has 4 atom stereocenters. The maximum absolute atomic E-state index is 13.3. The van der Waals surface area contributed by atoms with Crippen molar-refractivity contribution in [2.45, 2.75) is 76.0 Å². The van der Waals surface area contributed by atoms with Crippen LogP contribution < -0.4 is 11.1 Å². The van der Waals surface area contributed by atoms with Crippen LogP contribution in [0.1, 0.15) is 61.9 Å². The molecule has 1 spiro atoms. The van der Waals surface area contributed by atoms with Gasteiger partial charge in [-0.05, 0) is 62.3 Å². The molecule has 9 nitrogen and oxygen atoms in total. The molecule has 168 valence electrons. The van der Waals surface area contributed by atoms with E-state index in [4.69, 9.17) is 5.73 Å². The number of pyridine rings is 1. The van der Waals surface area contributed by atoms with Crippen molar-refractivity contribution in [2.75, 3.05) is 0 Å². The van der Waals surface area contributed by atoms with Gasteiger partial charge in [0.25, 0.3) is 5.91 Å². The topological polar surface area (TPSA) is 123 Å². The van der Waals surface area contributed by atoms with Gasteiger partial charge >= 0.3 is 0 Å². The second kappa shape index (κ2) is 7.02. The number of nitrogens with one attached hydrogen (secondary N) is 1. The van der Waals surface area contributed by atoms with E-state index in [0.717, 1.165) is 25.7 Å². The molecule has 3 N–H and O–H groups in total. The second-order valence-electron chi connectivity index (χ2n) is 10.2. The number of aromatic nitrogens is 3. The predicted molar refractivity (Wildman–Crippen MR) is 115 cm³/mol. The normalized spacial score (nSPS) is 29.7. The Hall–Kier alpha value is -2.97. The number of hydrogen-bond acceptors (Lipinski definition) is 5. The SMILES string of the molecule is NC(=O)c1nn(CC(=O)N2[C@@H]3C[C@@H]3C[C@H]2C(=O)N[C@H]2CCCC3(CC3)C2)c2cnccc12. The molecule has 3 aliphatic carbocycles. The van der Waals surface area contributed by atoms with Gasteiger partial charge in [-0.3, -0.25) is 24.0 Å². The molecule has 4 fully saturated rings. The lowest BCUT2D eigenvalue weighted by molar-refractivity contribution is -0.140. The third-order valence-corrected chi connectivity index (χ3v) is 8.01. The molecule has 2 aromatic heterocycles. The second-order valence-corrected chi connectivity index (χ2v) is 10.2. The van der Waals surface area contributed by atoms with E-state index in [9.17, 15) is 14.4 Å². The fraction of sp³-hybridized carbons (Fsp3) is 0.609. The molecular weight excluding hydrogens is 408 g/mol. The summed E-state index contributed by atoms with van der Waals surface area (Å²) in [5.41, 5.74) is 6.66. The van der Waals surface area contributed by atoms with Gasteiger partial charge in [0.15, 0.2) is 5.69 Å². The zero-order valence-corrected chi connectivity index (χ0v) is 18.0. The first-order valence-corrected chi connectivity index (χ1v) is 11.7. The molecule has 4 aliphatic rings. The Balaban J connectivity index is 1.19. The van der Waals surface area contributed by atoms with Crippen LogP contribution in [0.15, 0.2) is 18.5 Å². The van der Waals surface area contributed by atoms with E-state index in [1.165, 1.54) is 30.4 Å². The fourth-order valence-electron chi connectivity index (χ4n) is 6.08. The van der Waals surface area contributed by atoms with Crippen LogP contribution in [0.3, 0.4) is 0 Å². The number of piperidine rings is 1. The molecule has 0 bridgehead atoms. The smallest absolute Gasteiger partial charge is 0.269 e. The molecule has 9 heteroatoms. The molecule has 3 heterocycles. The van der Waals surface area contributed by atoms with Crippen molar-refractivity contribution in [2.24, 2.45) is 17.1 Å². The van der Waals surface area contributed by atoms with Gasteiger partial charge in [0.2, 0.25) is 11.8 Å². The van der Waals surface area contributed by atoms with E-state index in [1.54, 1.807) is 23.4 Å². The van der Waals surface area contributed by atoms with Gasteiger partial charge in [-0.25, -0.2) is 0 Å². The Morgan fingerprint density at radius 2 is 2.06 bits per heavy atom. The number of hydrogen-bond donors (Lipinski definition) is 2. The number of likely N-dealkylation sites (tertiary alicyclic amines) is 1. The molecule has 3 saturated carbocycles. The fourth-order valence-corrected chi connectivity index (χ4v) is 6.08. The largest absolute Gasteiger partial charge is 0.364 e. The zero-order valence-electron chi connectivity index (χ0n) is 18.0. The number of primary amides is 1. The Morgan fingerprint density at radius 1 is 1.22 bits per heavy atom. The third kappa shape index (κ3) is 3.25. The Kier molecular flexibility index (Phi) is 4.32. The van der Waals surface area contributed by atoms with Gasteiger partial charge in [-0.2, -0.15) is 5.10 Å². The van der Waals surface area contributed by atoms with E-state index in [2.05, 4.69) is 15.4 Å². The lowest BCUT2D eigenvalue weighted by atomic mass is 9.83. The highest BCUT2D eigenvalue weighted by Crippen LogP contribution is 2.56. The van der Waals surface area contributed by atoms with Gasteiger partial charge in [0, 0.05) is 23.7 Å². The van der Waals surface area contributed by atoms with Crippen LogP contribution in [0.4, 0.5) is 0 Å². The molecular formula is C23H28N6O3. The number of nitrogens with two attached hydrogens (primary N) is 1. The first-order valence-electron chi connectivity index (χ1n) is 11.7. The summed E-state index contributed by atoms with van der Waals surface area (Å²) in [5, 5.41) is 8.12. The van der Waals surface area contributed by atoms with E-state index < -0.39 is 11.9 Å². The first kappa shape index (κ1) is 19.7. The predicted octanol–water partition coefficient (Wildman–Crippen LogP) is 1.36. The summed E-state index contributed by atoms with van der Waals surface area (Å²) < 4.78 is 1.48. The third-order valence-electron chi connectivity index (χ3n) is 8.01. The summed E-state index contributed by atoms with van der Waals surface area (Å²) in [4.78, 5) is 44.2. The van der Waals surface area contributed by atoms with E-state index in [-0.39, 0.29) is 36.1 Å². The molecule has 0 aromatic carbocycles. The monoisotopic (exact) mass is 436 g/mol. The average molecular weight is 437 g/mol. The molecule has 6 rings (SSSR count). The van der Waals surface area contributed by atoms with Crippen LogP contribution in [0.25, 0.3) is 10.9 Å². The standard InChI is InChI=1S/C23H28N6O3/c24-21(31)20-15-3-7-25-11-18(15)28(27-20)12-19(30)29-16-8-13(16)9-17(29)22(32)26-14-2-1-4-23(10-14)5-6-23/h3,7,11,13-14,16-17H,1-2,4-6,8-10,12H2,(H2,24,31)(H,26,32)/t13-,14+,16-,17+/m1/s1. The first-order chi connectivity index (χ1) is 15.4. The highest BCUT2D eigenvalue weighted by atomic mass is 16.2. The Bertz CT molecular complexity index is 1120. The molecule has 0 unspecified atom stereocenters. The highest BCUT2D eigenvalue weighted by Gasteiger charge is 2.56. The summed E-state index contributed by atoms with van der Waals surface area (Å²) in [6.45, 7) is -0.0466. The number of rotatable bonds is 5. The molecule has 1 saturated heterocycles. The summed E-state index contributed by atoms with van der Waals surface area (Å²) in [7, 11) is 0. The minimum Gasteiger partial charge on any atom is -0.364 e. The highest BCUT2D eigenvalue weighted by molar-refractivity contribution is 6.04. The summed E-state index contributed by atoms with van der Waals surface area (Å²) in [6, 6.07) is 1.61. The Labute approximate surface area is 185 Å². The van der Waals surface area contributed by atoms with Gasteiger partial charge in [0.1, 0.15) is 12.6 Å². The summed E-state index contributed by atoms with van der Waals surface area (Å²) in [6.07, 6.45) is 12.0. The number of carbonyl (C=O) groups excluding carboxylic acids is 3. The maximum atomic E-state index is 13.3. The Morgan fingerprint density at radius 3 is 2.84 bits per heavy atom. The summed E-state index contributed by atoms with van der Waals surface area (Å²) >= 11 is 0. The number of fused-ring (bicyclic) bond motifs is 2. The van der Waals surface area contributed by atoms with Crippen LogP contribution in [0.2, 0.25) is 0 Å². The van der Waals surface area contributed by atoms with Crippen molar-refractivity contribution in [3.8, 4) is 0 Å². The van der Waals surface area contributed by atoms with Crippen LogP contribution >= 0.6 is 0 Å². The number of carbonyl (C=O) groups is 3. The van der Waals surface area contributed by atoms with Gasteiger partial charge in [0.05, 0.1) is 11.7 Å². The molecule has 2 aromatic rings. The quantitative estimate of drug-likeness (QED) is 0.733. The van der Waals surface area contributed by atoms with Gasteiger partial charge in [-0.15, -0.1) is 0 Å². The van der Waals surface area contributed by atoms with Crippen LogP contribution in [-0.4, -0.2) is 55.5 Å². The van der Waals surface area contributed by atoms with Crippen molar-refractivity contribution in [3.05, 3.63) is 24.2 Å². The molecule has 32 heavy (non-hydrogen) atoms. The lowest BCUT2D eigenvalue weighted by Crippen LogP contribution is -2.51. The van der Waals surface area contributed by atoms with Crippen molar-refractivity contribution in [1.82, 2.24) is 25.0 Å². The van der Waals surface area contributed by atoms with Gasteiger partial charge < -0.3 is 16.0 Å². The minimum absolute atomic E-state index is 0.0157. The van der Waals surface area contributed by atoms with Crippen LogP contribution in [0, 0.1) is 11.3 Å². The minimum atomic E-state index is -0.644. The van der Waals surface area contributed by atoms with E-state index in [1.807, 2.05) is 0 Å². The van der Waals surface area contributed by atoms with E-state index >= 15 is 0 Å². The summed E-state index contributed by atoms with van der Waals surface area (Å²) in [5.74, 6) is -0.401. The van der Waals surface area contributed by atoms with Crippen molar-refractivity contribution < 1.29 is 14.4 Å².